The van der Waals surface area contributed by atoms with Crippen molar-refractivity contribution in [2.45, 2.75) is 52.8 Å². The fourth-order valence-electron chi connectivity index (χ4n) is 11.5. The summed E-state index contributed by atoms with van der Waals surface area (Å²) in [7, 11) is -17.3. The molecule has 6 aromatic carbocycles. The van der Waals surface area contributed by atoms with Crippen molar-refractivity contribution in [2.24, 2.45) is 14.1 Å². The zero-order chi connectivity index (χ0) is 93.9. The first-order chi connectivity index (χ1) is 60.1. The molecule has 0 spiro atoms. The van der Waals surface area contributed by atoms with E-state index in [1.165, 1.54) is 31.9 Å². The van der Waals surface area contributed by atoms with Crippen LogP contribution in [0.15, 0.2) is 97.6 Å². The van der Waals surface area contributed by atoms with Crippen molar-refractivity contribution in [3.05, 3.63) is 131 Å². The summed E-state index contributed by atoms with van der Waals surface area (Å²) >= 11 is 14.4. The molecular weight excluding hydrogens is 1820 g/mol. The van der Waals surface area contributed by atoms with E-state index in [4.69, 9.17) is 145 Å². The minimum atomic E-state index is -10.7. The second kappa shape index (κ2) is 57.1. The number of benzene rings is 6. The molecule has 0 saturated carbocycles. The van der Waals surface area contributed by atoms with Gasteiger partial charge in [0.2, 0.25) is 0 Å². The Balaban J connectivity index is 0.000000785. The molecule has 0 amide bonds. The summed E-state index contributed by atoms with van der Waals surface area (Å²) in [6, 6.07) is 30.0. The minimum Gasteiger partial charge on any atom is -0.412 e. The summed E-state index contributed by atoms with van der Waals surface area (Å²) in [4.78, 5) is 0. The van der Waals surface area contributed by atoms with E-state index < -0.39 is 19.9 Å². The van der Waals surface area contributed by atoms with E-state index >= 15 is 0 Å². The third-order valence-electron chi connectivity index (χ3n) is 16.9. The normalized spacial score (nSPS) is 17.0. The molecule has 8 aromatic rings. The quantitative estimate of drug-likeness (QED) is 0.0510. The standard InChI is InChI=1S/C64H84O20.C14H16N2.3C2H3N.CHCl3.2F6P.H2O/c1-45-49-37-57-59-39-51(49)46(2)52-40-60-58(38-50(45)52)78-30-22-70-14-6-66-10-18-74-26-34-82-62-42-54-47(3)53-41-61(81-33-25-73-17-9-65-5-13-69-21-29-77-57)63(83-35-27-75-19-11-67-7-15-71-23-31-79-59)43-55(53)48(4)56(54)44-64(62)84-36-28-76-20-12-68-8-16-72-24-32-80-60;1-15-9-5-13(6-10-15)3-4-14-7-11-16(2)12-8-14;3*1-2-3;2-1(3)4;2*1-7(2,3,4,5)6;/h37-44H,5-36H2,1-4H3;3-12H,1-2H3;3*1H3;1H;;;1H2/q;+2;;;;;2*-1;/b;4-3+;;;;;;;. The molecule has 26 nitrogen and oxygen atoms in total. The zero-order valence-electron chi connectivity index (χ0n) is 72.6. The van der Waals surface area contributed by atoms with Crippen LogP contribution in [0.25, 0.3) is 55.2 Å². The number of rotatable bonds is 2. The molecule has 0 fully saturated rings. The molecule has 43 heteroatoms. The Hall–Kier alpha value is -8.36. The molecule has 718 valence electrons. The van der Waals surface area contributed by atoms with Crippen molar-refractivity contribution >= 4 is 106 Å². The van der Waals surface area contributed by atoms with Crippen LogP contribution in [-0.4, -0.2) is 221 Å². The maximum atomic E-state index is 9.87. The van der Waals surface area contributed by atoms with Crippen molar-refractivity contribution < 1.29 is 160 Å². The van der Waals surface area contributed by atoms with Gasteiger partial charge in [0.25, 0.3) is 0 Å². The van der Waals surface area contributed by atoms with E-state index in [1.54, 1.807) is 18.2 Å². The van der Waals surface area contributed by atoms with Crippen LogP contribution in [0.1, 0.15) is 54.2 Å². The molecule has 0 aliphatic carbocycles. The molecule has 2 aliphatic heterocycles. The molecule has 0 saturated heterocycles. The Kier molecular flexibility index (Phi) is 50.7. The number of aryl methyl sites for hydroxylation is 6. The number of pyridine rings is 2. The van der Waals surface area contributed by atoms with Gasteiger partial charge in [0.05, 0.1) is 177 Å². The van der Waals surface area contributed by atoms with E-state index in [2.05, 4.69) is 64.1 Å². The molecular formula is C85H112Cl3F12N5O21P2. The first-order valence-electron chi connectivity index (χ1n) is 39.7. The van der Waals surface area contributed by atoms with Gasteiger partial charge in [-0.2, -0.15) is 15.8 Å². The topological polar surface area (TPSA) is 295 Å². The number of fused-ring (bicyclic) bond motifs is 8. The minimum absolute atomic E-state index is 0. The van der Waals surface area contributed by atoms with Crippen molar-refractivity contribution in [2.75, 3.05) is 211 Å². The maximum absolute atomic E-state index is 10.7. The van der Waals surface area contributed by atoms with E-state index in [9.17, 15) is 50.4 Å². The Labute approximate surface area is 750 Å². The van der Waals surface area contributed by atoms with Gasteiger partial charge < -0.3 is 100 Å². The maximum Gasteiger partial charge on any atom is -0.412 e. The van der Waals surface area contributed by atoms with Gasteiger partial charge in [-0.25, -0.2) is 9.13 Å². The van der Waals surface area contributed by atoms with Crippen LogP contribution in [0, 0.1) is 61.7 Å². The molecule has 128 heavy (non-hydrogen) atoms. The number of hydrogen-bond acceptors (Lipinski definition) is 23. The number of nitrogens with zero attached hydrogens (tertiary/aromatic N) is 5. The number of ether oxygens (including phenoxy) is 20. The fraction of sp³-hybridized carbons (Fsp3) is 0.494. The Morgan fingerprint density at radius 2 is 0.375 bits per heavy atom. The third kappa shape index (κ3) is 51.3. The number of hydrogen-bond donors (Lipinski definition) is 0. The smallest absolute Gasteiger partial charge is 0.412 e. The van der Waals surface area contributed by atoms with Crippen LogP contribution in [0.2, 0.25) is 0 Å². The van der Waals surface area contributed by atoms with Gasteiger partial charge in [-0.1, -0.05) is 47.0 Å². The first kappa shape index (κ1) is 114. The number of alkyl halides is 3. The van der Waals surface area contributed by atoms with Crippen LogP contribution in [0.4, 0.5) is 50.4 Å². The fourth-order valence-corrected chi connectivity index (χ4v) is 11.5. The summed E-state index contributed by atoms with van der Waals surface area (Å²) < 4.78 is 244. The van der Waals surface area contributed by atoms with Gasteiger partial charge in [0.15, 0.2) is 75.1 Å². The molecule has 0 radical (unpaired) electrons. The van der Waals surface area contributed by atoms with Crippen molar-refractivity contribution in [3.63, 3.8) is 0 Å². The van der Waals surface area contributed by atoms with E-state index in [0.29, 0.717) is 205 Å². The number of halogens is 15. The van der Waals surface area contributed by atoms with Crippen LogP contribution in [0.3, 0.4) is 0 Å². The summed E-state index contributed by atoms with van der Waals surface area (Å²) in [5.74, 6) is 4.70. The van der Waals surface area contributed by atoms with Gasteiger partial charge in [0, 0.05) is 45.0 Å². The third-order valence-corrected chi connectivity index (χ3v) is 16.9. The predicted molar refractivity (Wildman–Crippen MR) is 466 cm³/mol. The van der Waals surface area contributed by atoms with Crippen molar-refractivity contribution in [1.29, 1.82) is 15.8 Å². The molecule has 0 atom stereocenters. The van der Waals surface area contributed by atoms with Crippen LogP contribution in [0.5, 0.6) is 46.0 Å². The summed E-state index contributed by atoms with van der Waals surface area (Å²) in [6.45, 7) is 23.9. The average molecular weight is 1940 g/mol. The molecule has 2 aromatic heterocycles. The number of aromatic nitrogens is 2. The van der Waals surface area contributed by atoms with Crippen LogP contribution < -0.4 is 47.0 Å². The van der Waals surface area contributed by atoms with E-state index in [0.717, 1.165) is 65.3 Å². The average Bonchev–Trinajstić information content (AvgIpc) is 0.745. The Morgan fingerprint density at radius 3 is 0.484 bits per heavy atom. The SMILES string of the molecule is CC#N.CC#N.CC#N.C[n+]1ccc(/C=C/c2cc[n+](C)cc2)cc1.Cc1c2cc3c4cc2c(C)c2cc5c(cc12)OCCOCCOCCOCCOc1cc2c(C)c6cc(c(cc6c(C)c2cc1OCCOCCOCCOCCO5)OCCOCCOCCOCCO4)OCCOCCOCCOCCO3.ClC(Cl)Cl.F[P-](F)(F)(F)(F)F.F[P-](F)(F)(F)(F)F.O. The van der Waals surface area contributed by atoms with E-state index in [1.807, 2.05) is 96.5 Å². The second-order valence-electron chi connectivity index (χ2n) is 26.8. The monoisotopic (exact) mass is 1930 g/mol. The van der Waals surface area contributed by atoms with Gasteiger partial charge in [-0.3, -0.25) is 0 Å². The molecule has 0 unspecified atom stereocenters. The van der Waals surface area contributed by atoms with Crippen molar-refractivity contribution in [3.8, 4) is 64.2 Å². The first-order valence-corrected chi connectivity index (χ1v) is 45.0. The zero-order valence-corrected chi connectivity index (χ0v) is 76.6. The van der Waals surface area contributed by atoms with Gasteiger partial charge >= 0.3 is 66.0 Å². The summed E-state index contributed by atoms with van der Waals surface area (Å²) in [5, 5.41) is 30.0. The van der Waals surface area contributed by atoms with E-state index in [-0.39, 0.29) is 58.3 Å². The van der Waals surface area contributed by atoms with Crippen molar-refractivity contribution in [1.82, 2.24) is 0 Å². The number of nitriles is 3. The van der Waals surface area contributed by atoms with Crippen LogP contribution >= 0.6 is 50.4 Å². The molecule has 2 aliphatic rings. The van der Waals surface area contributed by atoms with Gasteiger partial charge in [-0.15, -0.1) is 0 Å². The Morgan fingerprint density at radius 1 is 0.273 bits per heavy atom. The summed E-state index contributed by atoms with van der Waals surface area (Å²) in [6.07, 6.45) is 12.4. The molecule has 0 bridgehead atoms. The molecule has 2 N–H and O–H groups in total. The molecule has 10 rings (SSSR count). The Bertz CT molecular complexity index is 4080. The summed E-state index contributed by atoms with van der Waals surface area (Å²) in [5.41, 5.74) is 6.58. The molecule has 4 heterocycles. The largest absolute Gasteiger partial charge is 0.412 e. The van der Waals surface area contributed by atoms with Crippen LogP contribution in [-0.2, 0) is 70.9 Å². The second-order valence-corrected chi connectivity index (χ2v) is 32.6. The predicted octanol–water partition coefficient (Wildman–Crippen LogP) is 19.5. The van der Waals surface area contributed by atoms with Gasteiger partial charge in [-0.05, 0) is 153 Å². The van der Waals surface area contributed by atoms with Gasteiger partial charge in [0.1, 0.15) is 67.0 Å².